The summed E-state index contributed by atoms with van der Waals surface area (Å²) in [6, 6.07) is 1.59. The van der Waals surface area contributed by atoms with E-state index in [1.54, 1.807) is 40.8 Å². The first kappa shape index (κ1) is 15.1. The summed E-state index contributed by atoms with van der Waals surface area (Å²) in [5.41, 5.74) is 0.760. The fourth-order valence-corrected chi connectivity index (χ4v) is 3.35. The summed E-state index contributed by atoms with van der Waals surface area (Å²) in [4.78, 5) is 4.38. The van der Waals surface area contributed by atoms with Crippen molar-refractivity contribution in [2.75, 3.05) is 7.05 Å². The third-order valence-corrected chi connectivity index (χ3v) is 5.26. The SMILES string of the molecule is CN(Cc1nccn1C)S(=O)(=O)c1cc(CCl)n(C)c1. The Bertz CT molecular complexity index is 705. The summed E-state index contributed by atoms with van der Waals surface area (Å²) in [5, 5.41) is 0. The van der Waals surface area contributed by atoms with Crippen molar-refractivity contribution in [3.05, 3.63) is 36.2 Å². The van der Waals surface area contributed by atoms with E-state index in [1.165, 1.54) is 11.4 Å². The minimum Gasteiger partial charge on any atom is -0.352 e. The maximum atomic E-state index is 12.5. The van der Waals surface area contributed by atoms with E-state index in [4.69, 9.17) is 11.6 Å². The van der Waals surface area contributed by atoms with Crippen LogP contribution in [-0.2, 0) is 36.5 Å². The van der Waals surface area contributed by atoms with Gasteiger partial charge < -0.3 is 9.13 Å². The van der Waals surface area contributed by atoms with Crippen molar-refractivity contribution in [1.29, 1.82) is 0 Å². The molecule has 0 aliphatic heterocycles. The van der Waals surface area contributed by atoms with Gasteiger partial charge in [0.1, 0.15) is 10.7 Å². The number of sulfonamides is 1. The van der Waals surface area contributed by atoms with Crippen LogP contribution in [0.4, 0.5) is 0 Å². The largest absolute Gasteiger partial charge is 0.352 e. The lowest BCUT2D eigenvalue weighted by Gasteiger charge is -2.15. The van der Waals surface area contributed by atoms with Crippen molar-refractivity contribution in [3.63, 3.8) is 0 Å². The van der Waals surface area contributed by atoms with Gasteiger partial charge in [0.25, 0.3) is 0 Å². The molecule has 0 radical (unpaired) electrons. The van der Waals surface area contributed by atoms with Crippen LogP contribution in [0.1, 0.15) is 11.5 Å². The van der Waals surface area contributed by atoms with Gasteiger partial charge in [-0.25, -0.2) is 13.4 Å². The van der Waals surface area contributed by atoms with Crippen LogP contribution in [0.25, 0.3) is 0 Å². The highest BCUT2D eigenvalue weighted by molar-refractivity contribution is 7.89. The van der Waals surface area contributed by atoms with Crippen LogP contribution in [0.5, 0.6) is 0 Å². The van der Waals surface area contributed by atoms with E-state index in [9.17, 15) is 8.42 Å². The zero-order valence-corrected chi connectivity index (χ0v) is 13.2. The quantitative estimate of drug-likeness (QED) is 0.782. The number of rotatable bonds is 5. The molecule has 110 valence electrons. The van der Waals surface area contributed by atoms with Gasteiger partial charge in [-0.2, -0.15) is 4.31 Å². The molecule has 6 nitrogen and oxygen atoms in total. The highest BCUT2D eigenvalue weighted by Gasteiger charge is 2.24. The second-order valence-electron chi connectivity index (χ2n) is 4.63. The van der Waals surface area contributed by atoms with Crippen molar-refractivity contribution in [2.45, 2.75) is 17.3 Å². The van der Waals surface area contributed by atoms with E-state index >= 15 is 0 Å². The Morgan fingerprint density at radius 2 is 2.05 bits per heavy atom. The first-order valence-corrected chi connectivity index (χ1v) is 7.97. The Labute approximate surface area is 123 Å². The van der Waals surface area contributed by atoms with Crippen molar-refractivity contribution in [2.24, 2.45) is 14.1 Å². The zero-order valence-electron chi connectivity index (χ0n) is 11.6. The molecule has 0 saturated heterocycles. The number of nitrogens with zero attached hydrogens (tertiary/aromatic N) is 4. The molecule has 8 heteroatoms. The minimum absolute atomic E-state index is 0.219. The fraction of sp³-hybridized carbons (Fsp3) is 0.417. The summed E-state index contributed by atoms with van der Waals surface area (Å²) < 4.78 is 29.8. The first-order valence-electron chi connectivity index (χ1n) is 6.00. The van der Waals surface area contributed by atoms with Gasteiger partial charge in [-0.3, -0.25) is 0 Å². The number of aromatic nitrogens is 3. The normalized spacial score (nSPS) is 12.2. The van der Waals surface area contributed by atoms with Crippen molar-refractivity contribution in [1.82, 2.24) is 18.4 Å². The monoisotopic (exact) mass is 316 g/mol. The predicted molar refractivity (Wildman–Crippen MR) is 76.8 cm³/mol. The second-order valence-corrected chi connectivity index (χ2v) is 6.94. The maximum absolute atomic E-state index is 12.5. The van der Waals surface area contributed by atoms with Gasteiger partial charge in [-0.15, -0.1) is 11.6 Å². The smallest absolute Gasteiger partial charge is 0.244 e. The molecule has 0 aromatic carbocycles. The number of hydrogen-bond acceptors (Lipinski definition) is 3. The number of alkyl halides is 1. The Kier molecular flexibility index (Phi) is 4.22. The molecule has 0 aliphatic rings. The molecule has 2 rings (SSSR count). The molecular weight excluding hydrogens is 300 g/mol. The lowest BCUT2D eigenvalue weighted by molar-refractivity contribution is 0.451. The Balaban J connectivity index is 2.27. The Morgan fingerprint density at radius 1 is 1.35 bits per heavy atom. The molecule has 2 aromatic heterocycles. The van der Waals surface area contributed by atoms with E-state index in [1.807, 2.05) is 7.05 Å². The summed E-state index contributed by atoms with van der Waals surface area (Å²) in [7, 11) is 1.60. The van der Waals surface area contributed by atoms with Crippen molar-refractivity contribution in [3.8, 4) is 0 Å². The van der Waals surface area contributed by atoms with Crippen molar-refractivity contribution >= 4 is 21.6 Å². The van der Waals surface area contributed by atoms with Crippen LogP contribution in [0.15, 0.2) is 29.6 Å². The maximum Gasteiger partial charge on any atom is 0.244 e. The Morgan fingerprint density at radius 3 is 2.55 bits per heavy atom. The molecule has 0 aliphatic carbocycles. The van der Waals surface area contributed by atoms with E-state index in [0.717, 1.165) is 5.69 Å². The number of halogens is 1. The molecule has 0 atom stereocenters. The molecule has 0 bridgehead atoms. The predicted octanol–water partition coefficient (Wildman–Crippen LogP) is 1.32. The molecule has 0 amide bonds. The molecule has 2 aromatic rings. The van der Waals surface area contributed by atoms with Crippen LogP contribution in [0.3, 0.4) is 0 Å². The van der Waals surface area contributed by atoms with Gasteiger partial charge in [-0.05, 0) is 6.07 Å². The van der Waals surface area contributed by atoms with Gasteiger partial charge >= 0.3 is 0 Å². The second kappa shape index (κ2) is 5.59. The summed E-state index contributed by atoms with van der Waals surface area (Å²) >= 11 is 5.77. The van der Waals surface area contributed by atoms with E-state index in [0.29, 0.717) is 5.82 Å². The summed E-state index contributed by atoms with van der Waals surface area (Å²) in [5.74, 6) is 0.958. The third kappa shape index (κ3) is 2.74. The van der Waals surface area contributed by atoms with Gasteiger partial charge in [0.15, 0.2) is 0 Å². The molecule has 0 saturated carbocycles. The standard InChI is InChI=1S/C12H17ClN4O2S/c1-15-5-4-14-12(15)9-17(3)20(18,19)11-6-10(7-13)16(2)8-11/h4-6,8H,7,9H2,1-3H3. The minimum atomic E-state index is -3.54. The van der Waals surface area contributed by atoms with E-state index in [-0.39, 0.29) is 17.3 Å². The molecule has 0 N–H and O–H groups in total. The summed E-state index contributed by atoms with van der Waals surface area (Å²) in [6.45, 7) is 0.219. The van der Waals surface area contributed by atoms with E-state index < -0.39 is 10.0 Å². The first-order chi connectivity index (χ1) is 9.36. The van der Waals surface area contributed by atoms with Crippen LogP contribution in [0.2, 0.25) is 0 Å². The molecule has 20 heavy (non-hydrogen) atoms. The van der Waals surface area contributed by atoms with E-state index in [2.05, 4.69) is 4.98 Å². The fourth-order valence-electron chi connectivity index (χ4n) is 1.86. The highest BCUT2D eigenvalue weighted by Crippen LogP contribution is 2.19. The topological polar surface area (TPSA) is 60.1 Å². The number of aryl methyl sites for hydroxylation is 2. The van der Waals surface area contributed by atoms with Crippen molar-refractivity contribution < 1.29 is 8.42 Å². The van der Waals surface area contributed by atoms with Crippen LogP contribution < -0.4 is 0 Å². The van der Waals surface area contributed by atoms with Gasteiger partial charge in [-0.1, -0.05) is 0 Å². The van der Waals surface area contributed by atoms with Crippen LogP contribution in [0, 0.1) is 0 Å². The molecule has 0 spiro atoms. The van der Waals surface area contributed by atoms with Gasteiger partial charge in [0, 0.05) is 45.4 Å². The van der Waals surface area contributed by atoms with Crippen LogP contribution in [-0.4, -0.2) is 33.9 Å². The lowest BCUT2D eigenvalue weighted by Crippen LogP contribution is -2.27. The van der Waals surface area contributed by atoms with Gasteiger partial charge in [0.2, 0.25) is 10.0 Å². The summed E-state index contributed by atoms with van der Waals surface area (Å²) in [6.07, 6.45) is 5.00. The van der Waals surface area contributed by atoms with Gasteiger partial charge in [0.05, 0.1) is 12.4 Å². The average molecular weight is 317 g/mol. The zero-order chi connectivity index (χ0) is 14.9. The number of imidazole rings is 1. The number of hydrogen-bond donors (Lipinski definition) is 0. The lowest BCUT2D eigenvalue weighted by atomic mass is 10.5. The third-order valence-electron chi connectivity index (χ3n) is 3.21. The molecule has 0 fully saturated rings. The molecular formula is C12H17ClN4O2S. The Hall–Kier alpha value is -1.31. The van der Waals surface area contributed by atoms with Crippen LogP contribution >= 0.6 is 11.6 Å². The average Bonchev–Trinajstić information content (AvgIpc) is 2.96. The molecule has 0 unspecified atom stereocenters. The highest BCUT2D eigenvalue weighted by atomic mass is 35.5. The molecule has 2 heterocycles.